The maximum Gasteiger partial charge on any atom is 0.390 e. The van der Waals surface area contributed by atoms with Gasteiger partial charge in [-0.2, -0.15) is 13.2 Å². The van der Waals surface area contributed by atoms with Gasteiger partial charge in [-0.1, -0.05) is 0 Å². The number of hydrogen-bond acceptors (Lipinski definition) is 3. The van der Waals surface area contributed by atoms with Gasteiger partial charge in [0.2, 0.25) is 0 Å². The highest BCUT2D eigenvalue weighted by molar-refractivity contribution is 4.86. The molecule has 1 N–H and O–H groups in total. The molecule has 0 bridgehead atoms. The molecule has 6 heteroatoms. The summed E-state index contributed by atoms with van der Waals surface area (Å²) in [5.41, 5.74) is -0.439. The molecule has 1 unspecified atom stereocenters. The lowest BCUT2D eigenvalue weighted by Crippen LogP contribution is -2.43. The van der Waals surface area contributed by atoms with E-state index in [2.05, 4.69) is 5.32 Å². The molecule has 15 heavy (non-hydrogen) atoms. The number of ether oxygens (including phenoxy) is 2. The predicted octanol–water partition coefficient (Wildman–Crippen LogP) is 1.33. The van der Waals surface area contributed by atoms with E-state index in [1.54, 1.807) is 7.11 Å². The second kappa shape index (κ2) is 5.14. The van der Waals surface area contributed by atoms with Gasteiger partial charge in [-0.3, -0.25) is 0 Å². The molecule has 0 saturated carbocycles. The predicted molar refractivity (Wildman–Crippen MR) is 48.7 cm³/mol. The van der Waals surface area contributed by atoms with Crippen LogP contribution in [0, 0.1) is 0 Å². The van der Waals surface area contributed by atoms with Crippen molar-refractivity contribution in [2.24, 2.45) is 0 Å². The van der Waals surface area contributed by atoms with Crippen molar-refractivity contribution >= 4 is 0 Å². The molecule has 1 fully saturated rings. The molecule has 0 amide bonds. The van der Waals surface area contributed by atoms with E-state index in [9.17, 15) is 13.2 Å². The molecule has 0 aliphatic carbocycles. The summed E-state index contributed by atoms with van der Waals surface area (Å²) in [6.07, 6.45) is -4.18. The monoisotopic (exact) mass is 227 g/mol. The molecule has 0 spiro atoms. The zero-order valence-electron chi connectivity index (χ0n) is 8.69. The lowest BCUT2D eigenvalue weighted by Gasteiger charge is -2.26. The van der Waals surface area contributed by atoms with E-state index >= 15 is 0 Å². The van der Waals surface area contributed by atoms with Gasteiger partial charge in [-0.05, 0) is 0 Å². The van der Waals surface area contributed by atoms with Crippen LogP contribution in [-0.4, -0.2) is 45.2 Å². The fourth-order valence-corrected chi connectivity index (χ4v) is 1.51. The Bertz CT molecular complexity index is 190. The SMILES string of the molecule is COC1(CNCCC(F)(F)F)CCOC1. The van der Waals surface area contributed by atoms with Crippen LogP contribution in [0.2, 0.25) is 0 Å². The maximum absolute atomic E-state index is 11.8. The fourth-order valence-electron chi connectivity index (χ4n) is 1.51. The first kappa shape index (κ1) is 12.7. The summed E-state index contributed by atoms with van der Waals surface area (Å²) in [4.78, 5) is 0. The summed E-state index contributed by atoms with van der Waals surface area (Å²) in [6.45, 7) is 1.38. The van der Waals surface area contributed by atoms with Crippen molar-refractivity contribution in [2.45, 2.75) is 24.6 Å². The van der Waals surface area contributed by atoms with Gasteiger partial charge in [0.25, 0.3) is 0 Å². The molecule has 3 nitrogen and oxygen atoms in total. The van der Waals surface area contributed by atoms with Gasteiger partial charge in [-0.25, -0.2) is 0 Å². The summed E-state index contributed by atoms with van der Waals surface area (Å²) in [5, 5.41) is 2.75. The van der Waals surface area contributed by atoms with Crippen molar-refractivity contribution in [1.82, 2.24) is 5.32 Å². The Balaban J connectivity index is 2.18. The van der Waals surface area contributed by atoms with Crippen LogP contribution in [-0.2, 0) is 9.47 Å². The Morgan fingerprint density at radius 2 is 2.20 bits per heavy atom. The molecule has 90 valence electrons. The Labute approximate surface area is 86.9 Å². The summed E-state index contributed by atoms with van der Waals surface area (Å²) >= 11 is 0. The average Bonchev–Trinajstić information content (AvgIpc) is 2.60. The van der Waals surface area contributed by atoms with Gasteiger partial charge in [0, 0.05) is 33.2 Å². The van der Waals surface area contributed by atoms with Gasteiger partial charge in [0.1, 0.15) is 5.60 Å². The first-order valence-corrected chi connectivity index (χ1v) is 4.88. The number of rotatable bonds is 5. The zero-order chi connectivity index (χ0) is 11.4. The summed E-state index contributed by atoms with van der Waals surface area (Å²) in [5.74, 6) is 0. The third-order valence-electron chi connectivity index (χ3n) is 2.53. The highest BCUT2D eigenvalue weighted by Crippen LogP contribution is 2.22. The Morgan fingerprint density at radius 3 is 2.67 bits per heavy atom. The van der Waals surface area contributed by atoms with Crippen LogP contribution in [0.15, 0.2) is 0 Å². The van der Waals surface area contributed by atoms with Crippen molar-refractivity contribution in [1.29, 1.82) is 0 Å². The molecule has 1 aliphatic rings. The molecule has 1 rings (SSSR count). The highest BCUT2D eigenvalue weighted by Gasteiger charge is 2.35. The third-order valence-corrected chi connectivity index (χ3v) is 2.53. The van der Waals surface area contributed by atoms with E-state index < -0.39 is 18.2 Å². The molecule has 0 aromatic rings. The lowest BCUT2D eigenvalue weighted by molar-refractivity contribution is -0.134. The van der Waals surface area contributed by atoms with Crippen LogP contribution < -0.4 is 5.32 Å². The topological polar surface area (TPSA) is 30.5 Å². The van der Waals surface area contributed by atoms with Crippen LogP contribution in [0.25, 0.3) is 0 Å². The number of alkyl halides is 3. The largest absolute Gasteiger partial charge is 0.390 e. The quantitative estimate of drug-likeness (QED) is 0.719. The van der Waals surface area contributed by atoms with E-state index in [4.69, 9.17) is 9.47 Å². The molecule has 1 aliphatic heterocycles. The first-order valence-electron chi connectivity index (χ1n) is 4.88. The van der Waals surface area contributed by atoms with Crippen molar-refractivity contribution in [2.75, 3.05) is 33.4 Å². The van der Waals surface area contributed by atoms with Crippen LogP contribution >= 0.6 is 0 Å². The molecule has 0 aromatic heterocycles. The number of nitrogens with one attached hydrogen (secondary N) is 1. The van der Waals surface area contributed by atoms with E-state index in [0.29, 0.717) is 19.8 Å². The van der Waals surface area contributed by atoms with E-state index in [1.807, 2.05) is 0 Å². The molecule has 1 atom stereocenters. The smallest absolute Gasteiger partial charge is 0.378 e. The molecular formula is C9H16F3NO2. The van der Waals surface area contributed by atoms with E-state index in [-0.39, 0.29) is 6.54 Å². The minimum absolute atomic E-state index is 0.0748. The third kappa shape index (κ3) is 4.36. The molecule has 0 aromatic carbocycles. The van der Waals surface area contributed by atoms with Crippen LogP contribution in [0.3, 0.4) is 0 Å². The highest BCUT2D eigenvalue weighted by atomic mass is 19.4. The van der Waals surface area contributed by atoms with Gasteiger partial charge in [0.05, 0.1) is 13.0 Å². The normalized spacial score (nSPS) is 27.2. The van der Waals surface area contributed by atoms with Crippen LogP contribution in [0.5, 0.6) is 0 Å². The van der Waals surface area contributed by atoms with Crippen molar-refractivity contribution in [3.05, 3.63) is 0 Å². The van der Waals surface area contributed by atoms with Gasteiger partial charge >= 0.3 is 6.18 Å². The minimum atomic E-state index is -4.10. The second-order valence-electron chi connectivity index (χ2n) is 3.73. The Hall–Kier alpha value is -0.330. The molecule has 1 saturated heterocycles. The summed E-state index contributed by atoms with van der Waals surface area (Å²) < 4.78 is 45.9. The van der Waals surface area contributed by atoms with Crippen molar-refractivity contribution in [3.63, 3.8) is 0 Å². The summed E-state index contributed by atoms with van der Waals surface area (Å²) in [7, 11) is 1.56. The van der Waals surface area contributed by atoms with Crippen LogP contribution in [0.1, 0.15) is 12.8 Å². The summed E-state index contributed by atoms with van der Waals surface area (Å²) in [6, 6.07) is 0. The maximum atomic E-state index is 11.8. The zero-order valence-corrected chi connectivity index (χ0v) is 8.69. The Morgan fingerprint density at radius 1 is 1.47 bits per heavy atom. The van der Waals surface area contributed by atoms with Crippen molar-refractivity contribution < 1.29 is 22.6 Å². The first-order chi connectivity index (χ1) is 6.97. The van der Waals surface area contributed by atoms with Gasteiger partial charge in [-0.15, -0.1) is 0 Å². The average molecular weight is 227 g/mol. The molecule has 0 radical (unpaired) electrons. The van der Waals surface area contributed by atoms with E-state index in [1.165, 1.54) is 0 Å². The Kier molecular flexibility index (Phi) is 4.36. The second-order valence-corrected chi connectivity index (χ2v) is 3.73. The number of methoxy groups -OCH3 is 1. The van der Waals surface area contributed by atoms with Crippen molar-refractivity contribution in [3.8, 4) is 0 Å². The molecular weight excluding hydrogens is 211 g/mol. The fraction of sp³-hybridized carbons (Fsp3) is 1.00. The molecule has 1 heterocycles. The lowest BCUT2D eigenvalue weighted by atomic mass is 10.0. The van der Waals surface area contributed by atoms with Crippen LogP contribution in [0.4, 0.5) is 13.2 Å². The standard InChI is InChI=1S/C9H16F3NO2/c1-14-8(3-5-15-7-8)6-13-4-2-9(10,11)12/h13H,2-7H2,1H3. The number of halogens is 3. The van der Waals surface area contributed by atoms with E-state index in [0.717, 1.165) is 6.42 Å². The minimum Gasteiger partial charge on any atom is -0.378 e. The number of hydrogen-bond donors (Lipinski definition) is 1. The van der Waals surface area contributed by atoms with Gasteiger partial charge in [0.15, 0.2) is 0 Å². The van der Waals surface area contributed by atoms with Gasteiger partial charge < -0.3 is 14.8 Å².